The number of carbonyl (C=O) groups is 1. The van der Waals surface area contributed by atoms with Crippen molar-refractivity contribution in [1.29, 1.82) is 0 Å². The molecule has 0 saturated carbocycles. The molecular formula is C16H20BrN3O3S. The second kappa shape index (κ2) is 6.15. The van der Waals surface area contributed by atoms with Gasteiger partial charge in [0.2, 0.25) is 0 Å². The summed E-state index contributed by atoms with van der Waals surface area (Å²) in [5.74, 6) is 0.0973. The van der Waals surface area contributed by atoms with Crippen molar-refractivity contribution in [3.8, 4) is 0 Å². The lowest BCUT2D eigenvalue weighted by molar-refractivity contribution is 0.0649. The molecule has 1 aromatic carbocycles. The van der Waals surface area contributed by atoms with Crippen LogP contribution < -0.4 is 0 Å². The van der Waals surface area contributed by atoms with Crippen LogP contribution in [0.25, 0.3) is 10.9 Å². The van der Waals surface area contributed by atoms with Crippen molar-refractivity contribution in [2.24, 2.45) is 13.0 Å². The van der Waals surface area contributed by atoms with Gasteiger partial charge in [0.25, 0.3) is 5.91 Å². The number of benzene rings is 1. The highest BCUT2D eigenvalue weighted by molar-refractivity contribution is 9.10. The number of carbonyl (C=O) groups excluding carboxylic acids is 1. The Hall–Kier alpha value is -1.41. The zero-order chi connectivity index (χ0) is 17.6. The van der Waals surface area contributed by atoms with E-state index in [2.05, 4.69) is 21.0 Å². The first-order chi connectivity index (χ1) is 11.2. The highest BCUT2D eigenvalue weighted by Crippen LogP contribution is 2.26. The fourth-order valence-electron chi connectivity index (χ4n) is 3.01. The number of hydrogen-bond acceptors (Lipinski definition) is 4. The summed E-state index contributed by atoms with van der Waals surface area (Å²) in [7, 11) is -1.41. The minimum atomic E-state index is -3.14. The van der Waals surface area contributed by atoms with Crippen LogP contribution in [0, 0.1) is 5.92 Å². The lowest BCUT2D eigenvalue weighted by Crippen LogP contribution is -2.57. The number of rotatable bonds is 4. The zero-order valence-corrected chi connectivity index (χ0v) is 16.3. The molecule has 0 atom stereocenters. The van der Waals surface area contributed by atoms with E-state index in [-0.39, 0.29) is 30.7 Å². The Morgan fingerprint density at radius 3 is 2.67 bits per heavy atom. The molecule has 1 aliphatic rings. The average Bonchev–Trinajstić information content (AvgIpc) is 2.69. The summed E-state index contributed by atoms with van der Waals surface area (Å²) < 4.78 is 26.9. The molecule has 8 heteroatoms. The standard InChI is InChI=1S/C16H20BrN3O3S/c1-10(2)9-24(22,23)12-7-20(8-12)16(21)15-13-5-4-11(17)6-14(13)18-19(15)3/h4-6,10,12H,7-9H2,1-3H3. The third-order valence-corrected chi connectivity index (χ3v) is 7.15. The summed E-state index contributed by atoms with van der Waals surface area (Å²) in [6.45, 7) is 4.30. The minimum absolute atomic E-state index is 0.0965. The van der Waals surface area contributed by atoms with E-state index >= 15 is 0 Å². The monoisotopic (exact) mass is 413 g/mol. The van der Waals surface area contributed by atoms with Crippen molar-refractivity contribution >= 4 is 42.6 Å². The first-order valence-corrected chi connectivity index (χ1v) is 10.3. The van der Waals surface area contributed by atoms with Crippen molar-refractivity contribution in [2.75, 3.05) is 18.8 Å². The van der Waals surface area contributed by atoms with Crippen LogP contribution in [0.5, 0.6) is 0 Å². The molecule has 1 amide bonds. The fraction of sp³-hybridized carbons (Fsp3) is 0.500. The number of amides is 1. The van der Waals surface area contributed by atoms with Gasteiger partial charge in [0.1, 0.15) is 5.69 Å². The Bertz CT molecular complexity index is 899. The number of halogens is 1. The van der Waals surface area contributed by atoms with Crippen LogP contribution in [0.15, 0.2) is 22.7 Å². The van der Waals surface area contributed by atoms with Crippen molar-refractivity contribution in [1.82, 2.24) is 14.7 Å². The van der Waals surface area contributed by atoms with E-state index in [0.29, 0.717) is 5.69 Å². The number of likely N-dealkylation sites (tertiary alicyclic amines) is 1. The molecule has 1 fully saturated rings. The predicted octanol–water partition coefficient (Wildman–Crippen LogP) is 2.23. The molecule has 1 saturated heterocycles. The number of aryl methyl sites for hydroxylation is 1. The molecule has 2 heterocycles. The molecule has 24 heavy (non-hydrogen) atoms. The van der Waals surface area contributed by atoms with Crippen LogP contribution in [-0.2, 0) is 16.9 Å². The largest absolute Gasteiger partial charge is 0.335 e. The summed E-state index contributed by atoms with van der Waals surface area (Å²) in [6.07, 6.45) is 0. The van der Waals surface area contributed by atoms with Crippen molar-refractivity contribution in [2.45, 2.75) is 19.1 Å². The highest BCUT2D eigenvalue weighted by atomic mass is 79.9. The van der Waals surface area contributed by atoms with Gasteiger partial charge in [0.15, 0.2) is 9.84 Å². The van der Waals surface area contributed by atoms with E-state index in [1.165, 1.54) is 0 Å². The second-order valence-electron chi connectivity index (χ2n) is 6.69. The maximum Gasteiger partial charge on any atom is 0.272 e. The van der Waals surface area contributed by atoms with Gasteiger partial charge in [-0.3, -0.25) is 9.48 Å². The van der Waals surface area contributed by atoms with E-state index in [1.807, 2.05) is 32.0 Å². The SMILES string of the molecule is CC(C)CS(=O)(=O)C1CN(C(=O)c2c3ccc(Br)cc3nn2C)C1. The molecule has 130 valence electrons. The average molecular weight is 414 g/mol. The minimum Gasteiger partial charge on any atom is -0.335 e. The Balaban J connectivity index is 1.79. The first kappa shape index (κ1) is 17.4. The fourth-order valence-corrected chi connectivity index (χ4v) is 5.37. The summed E-state index contributed by atoms with van der Waals surface area (Å²) in [6, 6.07) is 5.58. The number of sulfone groups is 1. The van der Waals surface area contributed by atoms with Gasteiger partial charge >= 0.3 is 0 Å². The predicted molar refractivity (Wildman–Crippen MR) is 96.7 cm³/mol. The molecule has 0 unspecified atom stereocenters. The van der Waals surface area contributed by atoms with E-state index in [1.54, 1.807) is 16.6 Å². The molecule has 1 aliphatic heterocycles. The highest BCUT2D eigenvalue weighted by Gasteiger charge is 2.41. The molecule has 0 spiro atoms. The number of hydrogen-bond donors (Lipinski definition) is 0. The molecular weight excluding hydrogens is 394 g/mol. The maximum atomic E-state index is 12.8. The van der Waals surface area contributed by atoms with Crippen LogP contribution in [0.1, 0.15) is 24.3 Å². The van der Waals surface area contributed by atoms with Gasteiger partial charge in [-0.2, -0.15) is 5.10 Å². The van der Waals surface area contributed by atoms with E-state index in [9.17, 15) is 13.2 Å². The Labute approximate surface area is 149 Å². The molecule has 6 nitrogen and oxygen atoms in total. The lowest BCUT2D eigenvalue weighted by atomic mass is 10.1. The molecule has 3 rings (SSSR count). The molecule has 1 aromatic heterocycles. The number of fused-ring (bicyclic) bond motifs is 1. The maximum absolute atomic E-state index is 12.8. The van der Waals surface area contributed by atoms with Gasteiger partial charge in [-0.25, -0.2) is 8.42 Å². The third-order valence-electron chi connectivity index (χ3n) is 4.21. The van der Waals surface area contributed by atoms with Gasteiger partial charge in [-0.05, 0) is 24.1 Å². The topological polar surface area (TPSA) is 72.3 Å². The molecule has 0 bridgehead atoms. The van der Waals surface area contributed by atoms with Crippen LogP contribution >= 0.6 is 15.9 Å². The van der Waals surface area contributed by atoms with E-state index in [0.717, 1.165) is 15.4 Å². The van der Waals surface area contributed by atoms with Gasteiger partial charge in [0, 0.05) is 30.0 Å². The summed E-state index contributed by atoms with van der Waals surface area (Å²) in [4.78, 5) is 14.3. The van der Waals surface area contributed by atoms with Crippen molar-refractivity contribution in [3.05, 3.63) is 28.4 Å². The number of aromatic nitrogens is 2. The van der Waals surface area contributed by atoms with Crippen LogP contribution in [0.2, 0.25) is 0 Å². The first-order valence-electron chi connectivity index (χ1n) is 7.82. The third kappa shape index (κ3) is 3.09. The van der Waals surface area contributed by atoms with Crippen LogP contribution in [0.4, 0.5) is 0 Å². The van der Waals surface area contributed by atoms with E-state index in [4.69, 9.17) is 0 Å². The van der Waals surface area contributed by atoms with Gasteiger partial charge in [-0.15, -0.1) is 0 Å². The summed E-state index contributed by atoms with van der Waals surface area (Å²) in [5.41, 5.74) is 1.23. The Morgan fingerprint density at radius 1 is 1.38 bits per heavy atom. The molecule has 0 radical (unpaired) electrons. The van der Waals surface area contributed by atoms with Gasteiger partial charge < -0.3 is 4.90 Å². The zero-order valence-electron chi connectivity index (χ0n) is 13.9. The molecule has 2 aromatic rings. The molecule has 0 aliphatic carbocycles. The van der Waals surface area contributed by atoms with Gasteiger partial charge in [0.05, 0.1) is 16.5 Å². The smallest absolute Gasteiger partial charge is 0.272 e. The quantitative estimate of drug-likeness (QED) is 0.769. The summed E-state index contributed by atoms with van der Waals surface area (Å²) >= 11 is 3.39. The Morgan fingerprint density at radius 2 is 2.04 bits per heavy atom. The Kier molecular flexibility index (Phi) is 4.46. The van der Waals surface area contributed by atoms with Crippen molar-refractivity contribution < 1.29 is 13.2 Å². The summed E-state index contributed by atoms with van der Waals surface area (Å²) in [5, 5.41) is 4.69. The lowest BCUT2D eigenvalue weighted by Gasteiger charge is -2.38. The number of nitrogens with zero attached hydrogens (tertiary/aromatic N) is 3. The van der Waals surface area contributed by atoms with Crippen LogP contribution in [-0.4, -0.2) is 53.1 Å². The normalized spacial score (nSPS) is 16.0. The van der Waals surface area contributed by atoms with Crippen LogP contribution in [0.3, 0.4) is 0 Å². The van der Waals surface area contributed by atoms with Gasteiger partial charge in [-0.1, -0.05) is 29.8 Å². The van der Waals surface area contributed by atoms with Crippen molar-refractivity contribution in [3.63, 3.8) is 0 Å². The molecule has 0 N–H and O–H groups in total. The second-order valence-corrected chi connectivity index (χ2v) is 9.93. The van der Waals surface area contributed by atoms with E-state index < -0.39 is 15.1 Å².